The van der Waals surface area contributed by atoms with E-state index in [4.69, 9.17) is 11.6 Å². The minimum absolute atomic E-state index is 0.229. The molecule has 2 atom stereocenters. The summed E-state index contributed by atoms with van der Waals surface area (Å²) < 4.78 is 0. The summed E-state index contributed by atoms with van der Waals surface area (Å²) in [4.78, 5) is 14.3. The lowest BCUT2D eigenvalue weighted by Gasteiger charge is -2.25. The highest BCUT2D eigenvalue weighted by atomic mass is 35.5. The van der Waals surface area contributed by atoms with Gasteiger partial charge in [0, 0.05) is 24.0 Å². The van der Waals surface area contributed by atoms with Crippen LogP contribution in [0.5, 0.6) is 0 Å². The van der Waals surface area contributed by atoms with Gasteiger partial charge in [0.15, 0.2) is 0 Å². The van der Waals surface area contributed by atoms with Crippen LogP contribution < -0.4 is 0 Å². The van der Waals surface area contributed by atoms with E-state index in [1.165, 1.54) is 5.56 Å². The van der Waals surface area contributed by atoms with Crippen molar-refractivity contribution in [3.63, 3.8) is 0 Å². The second-order valence-electron chi connectivity index (χ2n) is 5.95. The van der Waals surface area contributed by atoms with Crippen LogP contribution in [0.1, 0.15) is 44.6 Å². The van der Waals surface area contributed by atoms with E-state index < -0.39 is 0 Å². The summed E-state index contributed by atoms with van der Waals surface area (Å²) in [5.41, 5.74) is 1.22. The number of benzene rings is 1. The van der Waals surface area contributed by atoms with Gasteiger partial charge < -0.3 is 10.0 Å². The van der Waals surface area contributed by atoms with Gasteiger partial charge in [-0.25, -0.2) is 0 Å². The zero-order valence-electron chi connectivity index (χ0n) is 12.6. The van der Waals surface area contributed by atoms with E-state index in [9.17, 15) is 9.90 Å². The van der Waals surface area contributed by atoms with Crippen LogP contribution in [0, 0.1) is 0 Å². The van der Waals surface area contributed by atoms with Crippen molar-refractivity contribution in [1.29, 1.82) is 0 Å². The summed E-state index contributed by atoms with van der Waals surface area (Å²) >= 11 is 5.86. The Morgan fingerprint density at radius 3 is 2.81 bits per heavy atom. The minimum Gasteiger partial charge on any atom is -0.393 e. The monoisotopic (exact) mass is 309 g/mol. The molecule has 1 aromatic rings. The molecule has 0 bridgehead atoms. The van der Waals surface area contributed by atoms with E-state index in [0.29, 0.717) is 12.8 Å². The number of likely N-dealkylation sites (tertiary alicyclic amines) is 1. The highest BCUT2D eigenvalue weighted by Crippen LogP contribution is 2.23. The zero-order chi connectivity index (χ0) is 15.2. The molecular formula is C17H24ClNO2. The Kier molecular flexibility index (Phi) is 6.07. The molecule has 1 N–H and O–H groups in total. The summed E-state index contributed by atoms with van der Waals surface area (Å²) in [5.74, 6) is 0.229. The summed E-state index contributed by atoms with van der Waals surface area (Å²) in [7, 11) is 0. The van der Waals surface area contributed by atoms with Crippen molar-refractivity contribution in [2.45, 2.75) is 57.6 Å². The van der Waals surface area contributed by atoms with Crippen molar-refractivity contribution in [3.05, 3.63) is 34.9 Å². The van der Waals surface area contributed by atoms with Crippen molar-refractivity contribution in [3.8, 4) is 0 Å². The number of aliphatic hydroxyl groups is 1. The molecule has 0 radical (unpaired) electrons. The van der Waals surface area contributed by atoms with Gasteiger partial charge >= 0.3 is 0 Å². The first kappa shape index (κ1) is 16.3. The summed E-state index contributed by atoms with van der Waals surface area (Å²) in [5, 5.41) is 10.3. The predicted octanol–water partition coefficient (Wildman–Crippen LogP) is 3.42. The molecule has 1 aromatic carbocycles. The molecule has 1 fully saturated rings. The summed E-state index contributed by atoms with van der Waals surface area (Å²) in [6.07, 6.45) is 4.78. The Hall–Kier alpha value is -1.06. The number of carbonyl (C=O) groups is 1. The van der Waals surface area contributed by atoms with Gasteiger partial charge in [-0.1, -0.05) is 23.7 Å². The fourth-order valence-corrected chi connectivity index (χ4v) is 3.17. The van der Waals surface area contributed by atoms with E-state index in [1.54, 1.807) is 6.92 Å². The smallest absolute Gasteiger partial charge is 0.222 e. The number of aryl methyl sites for hydroxylation is 1. The van der Waals surface area contributed by atoms with Gasteiger partial charge in [-0.05, 0) is 56.7 Å². The Labute approximate surface area is 131 Å². The van der Waals surface area contributed by atoms with Crippen molar-refractivity contribution in [1.82, 2.24) is 4.90 Å². The Bertz CT molecular complexity index is 458. The average molecular weight is 310 g/mol. The molecule has 2 unspecified atom stereocenters. The normalized spacial score (nSPS) is 19.8. The number of halogens is 1. The molecule has 1 aliphatic rings. The van der Waals surface area contributed by atoms with Crippen molar-refractivity contribution in [2.75, 3.05) is 6.54 Å². The van der Waals surface area contributed by atoms with E-state index in [-0.39, 0.29) is 18.1 Å². The topological polar surface area (TPSA) is 40.5 Å². The molecule has 1 amide bonds. The fraction of sp³-hybridized carbons (Fsp3) is 0.588. The molecule has 1 aliphatic heterocycles. The van der Waals surface area contributed by atoms with E-state index in [0.717, 1.165) is 37.3 Å². The van der Waals surface area contributed by atoms with Gasteiger partial charge in [0.05, 0.1) is 6.10 Å². The maximum atomic E-state index is 12.3. The Balaban J connectivity index is 1.77. The van der Waals surface area contributed by atoms with Crippen LogP contribution in [0.2, 0.25) is 5.02 Å². The molecule has 116 valence electrons. The number of nitrogens with zero attached hydrogens (tertiary/aromatic N) is 1. The maximum Gasteiger partial charge on any atom is 0.222 e. The van der Waals surface area contributed by atoms with Gasteiger partial charge in [-0.3, -0.25) is 4.79 Å². The number of hydrogen-bond donors (Lipinski definition) is 1. The van der Waals surface area contributed by atoms with Gasteiger partial charge in [-0.2, -0.15) is 0 Å². The van der Waals surface area contributed by atoms with Crippen molar-refractivity contribution >= 4 is 17.5 Å². The molecule has 0 saturated carbocycles. The number of rotatable bonds is 6. The summed E-state index contributed by atoms with van der Waals surface area (Å²) in [6, 6.07) is 8.03. The highest BCUT2D eigenvalue weighted by molar-refractivity contribution is 6.30. The molecule has 4 heteroatoms. The number of hydrogen-bond acceptors (Lipinski definition) is 2. The van der Waals surface area contributed by atoms with Crippen LogP contribution >= 0.6 is 11.6 Å². The molecule has 0 spiro atoms. The van der Waals surface area contributed by atoms with Crippen LogP contribution in [-0.2, 0) is 11.2 Å². The van der Waals surface area contributed by atoms with Crippen LogP contribution in [-0.4, -0.2) is 34.6 Å². The molecule has 0 aliphatic carbocycles. The lowest BCUT2D eigenvalue weighted by molar-refractivity contribution is -0.132. The van der Waals surface area contributed by atoms with E-state index in [1.807, 2.05) is 29.2 Å². The van der Waals surface area contributed by atoms with Crippen LogP contribution in [0.25, 0.3) is 0 Å². The minimum atomic E-state index is -0.336. The van der Waals surface area contributed by atoms with Crippen LogP contribution in [0.15, 0.2) is 24.3 Å². The quantitative estimate of drug-likeness (QED) is 0.874. The van der Waals surface area contributed by atoms with Crippen molar-refractivity contribution in [2.24, 2.45) is 0 Å². The van der Waals surface area contributed by atoms with Gasteiger partial charge in [0.25, 0.3) is 0 Å². The number of aliphatic hydroxyl groups excluding tert-OH is 1. The molecule has 21 heavy (non-hydrogen) atoms. The van der Waals surface area contributed by atoms with E-state index >= 15 is 0 Å². The first-order valence-electron chi connectivity index (χ1n) is 7.78. The highest BCUT2D eigenvalue weighted by Gasteiger charge is 2.28. The summed E-state index contributed by atoms with van der Waals surface area (Å²) in [6.45, 7) is 2.64. The second kappa shape index (κ2) is 7.81. The fourth-order valence-electron chi connectivity index (χ4n) is 3.04. The third-order valence-corrected chi connectivity index (χ3v) is 4.33. The van der Waals surface area contributed by atoms with Crippen LogP contribution in [0.3, 0.4) is 0 Å². The van der Waals surface area contributed by atoms with Crippen molar-refractivity contribution < 1.29 is 9.90 Å². The molecule has 2 rings (SSSR count). The average Bonchev–Trinajstić information content (AvgIpc) is 2.88. The Morgan fingerprint density at radius 1 is 1.43 bits per heavy atom. The Morgan fingerprint density at radius 2 is 2.14 bits per heavy atom. The lowest BCUT2D eigenvalue weighted by atomic mass is 10.1. The maximum absolute atomic E-state index is 12.3. The molecule has 3 nitrogen and oxygen atoms in total. The standard InChI is InChI=1S/C17H24ClNO2/c1-13(20)12-16-5-3-11-19(16)17(21)6-2-4-14-7-9-15(18)10-8-14/h7-10,13,16,20H,2-6,11-12H2,1H3. The first-order chi connectivity index (χ1) is 10.1. The third kappa shape index (κ3) is 5.01. The van der Waals surface area contributed by atoms with Gasteiger partial charge in [-0.15, -0.1) is 0 Å². The number of amides is 1. The van der Waals surface area contributed by atoms with Gasteiger partial charge in [0.1, 0.15) is 0 Å². The zero-order valence-corrected chi connectivity index (χ0v) is 13.4. The molecule has 1 saturated heterocycles. The molecule has 0 aromatic heterocycles. The molecular weight excluding hydrogens is 286 g/mol. The molecule has 1 heterocycles. The SMILES string of the molecule is CC(O)CC1CCCN1C(=O)CCCc1ccc(Cl)cc1. The van der Waals surface area contributed by atoms with Gasteiger partial charge in [0.2, 0.25) is 5.91 Å². The third-order valence-electron chi connectivity index (χ3n) is 4.08. The predicted molar refractivity (Wildman–Crippen MR) is 85.4 cm³/mol. The second-order valence-corrected chi connectivity index (χ2v) is 6.38. The largest absolute Gasteiger partial charge is 0.393 e. The van der Waals surface area contributed by atoms with E-state index in [2.05, 4.69) is 0 Å². The first-order valence-corrected chi connectivity index (χ1v) is 8.16. The van der Waals surface area contributed by atoms with Crippen LogP contribution in [0.4, 0.5) is 0 Å². The number of carbonyl (C=O) groups excluding carboxylic acids is 1. The lowest BCUT2D eigenvalue weighted by Crippen LogP contribution is -2.37.